The molecule has 0 unspecified atom stereocenters. The molecule has 3 N–H and O–H groups in total. The van der Waals surface area contributed by atoms with Gasteiger partial charge in [-0.05, 0) is 55.3 Å². The number of hydrogen-bond donors (Lipinski definition) is 2. The third-order valence-corrected chi connectivity index (χ3v) is 3.40. The monoisotopic (exact) mass is 299 g/mol. The van der Waals surface area contributed by atoms with Gasteiger partial charge in [0.1, 0.15) is 11.6 Å². The maximum atomic E-state index is 12.4. The van der Waals surface area contributed by atoms with E-state index in [9.17, 15) is 4.79 Å². The highest BCUT2D eigenvalue weighted by Crippen LogP contribution is 2.22. The normalized spacial score (nSPS) is 10.5. The van der Waals surface area contributed by atoms with Gasteiger partial charge in [0, 0.05) is 6.54 Å². The zero-order chi connectivity index (χ0) is 16.1. The third kappa shape index (κ3) is 3.19. The highest BCUT2D eigenvalue weighted by atomic mass is 16.5. The van der Waals surface area contributed by atoms with E-state index >= 15 is 0 Å². The average molecular weight is 299 g/mol. The van der Waals surface area contributed by atoms with Crippen molar-refractivity contribution in [3.63, 3.8) is 0 Å². The lowest BCUT2D eigenvalue weighted by atomic mass is 10.1. The summed E-state index contributed by atoms with van der Waals surface area (Å²) in [4.78, 5) is 12.4. The molecule has 1 aromatic heterocycles. The van der Waals surface area contributed by atoms with Gasteiger partial charge in [-0.3, -0.25) is 10.2 Å². The Morgan fingerprint density at radius 2 is 1.86 bits per heavy atom. The number of nitrogens with one attached hydrogen (secondary N) is 1. The lowest BCUT2D eigenvalue weighted by molar-refractivity contribution is 0.317. The second kappa shape index (κ2) is 6.93. The number of nitrogens with zero attached hydrogens (tertiary/aromatic N) is 1. The molecule has 1 aromatic carbocycles. The maximum absolute atomic E-state index is 12.4. The Morgan fingerprint density at radius 1 is 1.18 bits per heavy atom. The van der Waals surface area contributed by atoms with E-state index in [1.54, 1.807) is 10.6 Å². The summed E-state index contributed by atoms with van der Waals surface area (Å²) >= 11 is 0. The number of nitrogen functional groups attached to an aromatic ring is 1. The van der Waals surface area contributed by atoms with Crippen molar-refractivity contribution in [1.82, 2.24) is 4.57 Å². The number of hydrogen-bond acceptors (Lipinski definition) is 3. The van der Waals surface area contributed by atoms with E-state index in [4.69, 9.17) is 15.9 Å². The predicted molar refractivity (Wildman–Crippen MR) is 88.6 cm³/mol. The van der Waals surface area contributed by atoms with E-state index in [1.165, 1.54) is 0 Å². The first-order valence-corrected chi connectivity index (χ1v) is 7.40. The molecule has 5 heteroatoms. The van der Waals surface area contributed by atoms with Crippen LogP contribution in [0.4, 0.5) is 0 Å². The van der Waals surface area contributed by atoms with Crippen LogP contribution in [0, 0.1) is 5.41 Å². The summed E-state index contributed by atoms with van der Waals surface area (Å²) in [6.45, 7) is 5.16. The van der Waals surface area contributed by atoms with Crippen LogP contribution in [-0.2, 0) is 6.54 Å². The Bertz CT molecular complexity index is 718. The van der Waals surface area contributed by atoms with Crippen molar-refractivity contribution in [2.24, 2.45) is 5.73 Å². The van der Waals surface area contributed by atoms with Crippen molar-refractivity contribution in [3.8, 4) is 17.0 Å². The Kier molecular flexibility index (Phi) is 4.99. The van der Waals surface area contributed by atoms with Gasteiger partial charge in [0.2, 0.25) is 0 Å². The first-order chi connectivity index (χ1) is 10.6. The second-order valence-electron chi connectivity index (χ2n) is 4.97. The molecule has 0 saturated heterocycles. The fourth-order valence-corrected chi connectivity index (χ4v) is 2.29. The summed E-state index contributed by atoms with van der Waals surface area (Å²) in [5.41, 5.74) is 7.17. The molecule has 0 spiro atoms. The molecule has 5 nitrogen and oxygen atoms in total. The molecule has 116 valence electrons. The van der Waals surface area contributed by atoms with Crippen molar-refractivity contribution in [1.29, 1.82) is 5.41 Å². The minimum Gasteiger partial charge on any atom is -0.494 e. The standard InChI is InChI=1S/C17H21N3O2/c1-3-11-22-13-7-5-12(6-8-13)15-10-9-14(16(18)19)17(21)20(15)4-2/h5-10H,3-4,11H2,1-2H3,(H3,18,19). The van der Waals surface area contributed by atoms with Crippen molar-refractivity contribution in [2.45, 2.75) is 26.8 Å². The van der Waals surface area contributed by atoms with E-state index in [-0.39, 0.29) is 17.0 Å². The molecule has 0 aliphatic carbocycles. The lowest BCUT2D eigenvalue weighted by Gasteiger charge is -2.13. The van der Waals surface area contributed by atoms with Gasteiger partial charge < -0.3 is 15.0 Å². The smallest absolute Gasteiger partial charge is 0.261 e. The molecule has 1 heterocycles. The molecule has 2 aromatic rings. The fourth-order valence-electron chi connectivity index (χ4n) is 2.29. The van der Waals surface area contributed by atoms with E-state index in [1.807, 2.05) is 37.3 Å². The number of benzene rings is 1. The number of amidine groups is 1. The van der Waals surface area contributed by atoms with Gasteiger partial charge >= 0.3 is 0 Å². The van der Waals surface area contributed by atoms with Crippen LogP contribution in [0.25, 0.3) is 11.3 Å². The summed E-state index contributed by atoms with van der Waals surface area (Å²) < 4.78 is 7.19. The number of nitrogens with two attached hydrogens (primary N) is 1. The Morgan fingerprint density at radius 3 is 2.41 bits per heavy atom. The highest BCUT2D eigenvalue weighted by molar-refractivity contribution is 5.94. The Labute approximate surface area is 129 Å². The summed E-state index contributed by atoms with van der Waals surface area (Å²) in [7, 11) is 0. The lowest BCUT2D eigenvalue weighted by Crippen LogP contribution is -2.29. The highest BCUT2D eigenvalue weighted by Gasteiger charge is 2.11. The van der Waals surface area contributed by atoms with Crippen LogP contribution in [0.3, 0.4) is 0 Å². The van der Waals surface area contributed by atoms with E-state index in [0.717, 1.165) is 23.4 Å². The molecule has 0 saturated carbocycles. The van der Waals surface area contributed by atoms with Crippen LogP contribution in [0.5, 0.6) is 5.75 Å². The topological polar surface area (TPSA) is 81.1 Å². The maximum Gasteiger partial charge on any atom is 0.261 e. The first-order valence-electron chi connectivity index (χ1n) is 7.40. The molecule has 2 rings (SSSR count). The molecular weight excluding hydrogens is 278 g/mol. The van der Waals surface area contributed by atoms with Crippen molar-refractivity contribution < 1.29 is 4.74 Å². The van der Waals surface area contributed by atoms with E-state index in [2.05, 4.69) is 6.92 Å². The third-order valence-electron chi connectivity index (χ3n) is 3.40. The van der Waals surface area contributed by atoms with E-state index < -0.39 is 0 Å². The summed E-state index contributed by atoms with van der Waals surface area (Å²) in [5, 5.41) is 7.46. The van der Waals surface area contributed by atoms with Gasteiger partial charge in [-0.25, -0.2) is 0 Å². The Balaban J connectivity index is 2.42. The number of ether oxygens (including phenoxy) is 1. The van der Waals surface area contributed by atoms with Crippen LogP contribution in [0.1, 0.15) is 25.8 Å². The average Bonchev–Trinajstić information content (AvgIpc) is 2.52. The number of pyridine rings is 1. The molecule has 0 bridgehead atoms. The van der Waals surface area contributed by atoms with Crippen molar-refractivity contribution in [2.75, 3.05) is 6.61 Å². The zero-order valence-corrected chi connectivity index (χ0v) is 12.9. The van der Waals surface area contributed by atoms with Crippen LogP contribution in [0.2, 0.25) is 0 Å². The van der Waals surface area contributed by atoms with Crippen LogP contribution in [-0.4, -0.2) is 17.0 Å². The van der Waals surface area contributed by atoms with Crippen molar-refractivity contribution in [3.05, 3.63) is 52.3 Å². The van der Waals surface area contributed by atoms with Crippen molar-refractivity contribution >= 4 is 5.84 Å². The minimum absolute atomic E-state index is 0.206. The van der Waals surface area contributed by atoms with Crippen LogP contribution in [0.15, 0.2) is 41.2 Å². The van der Waals surface area contributed by atoms with Gasteiger partial charge in [-0.1, -0.05) is 6.92 Å². The van der Waals surface area contributed by atoms with Gasteiger partial charge in [0.15, 0.2) is 0 Å². The largest absolute Gasteiger partial charge is 0.494 e. The van der Waals surface area contributed by atoms with Gasteiger partial charge in [-0.15, -0.1) is 0 Å². The molecule has 0 atom stereocenters. The predicted octanol–water partition coefficient (Wildman–Crippen LogP) is 2.61. The SMILES string of the molecule is CCCOc1ccc(-c2ccc(C(=N)N)c(=O)n2CC)cc1. The van der Waals surface area contributed by atoms with Crippen LogP contribution >= 0.6 is 0 Å². The van der Waals surface area contributed by atoms with Gasteiger partial charge in [0.05, 0.1) is 17.9 Å². The summed E-state index contributed by atoms with van der Waals surface area (Å²) in [6.07, 6.45) is 0.962. The summed E-state index contributed by atoms with van der Waals surface area (Å²) in [5.74, 6) is 0.610. The molecule has 0 radical (unpaired) electrons. The molecular formula is C17H21N3O2. The first kappa shape index (κ1) is 15.8. The van der Waals surface area contributed by atoms with Gasteiger partial charge in [-0.2, -0.15) is 0 Å². The van der Waals surface area contributed by atoms with E-state index in [0.29, 0.717) is 13.2 Å². The van der Waals surface area contributed by atoms with Crippen LogP contribution < -0.4 is 16.0 Å². The second-order valence-corrected chi connectivity index (χ2v) is 4.97. The Hall–Kier alpha value is -2.56. The number of rotatable bonds is 6. The molecule has 0 amide bonds. The molecule has 0 aliphatic heterocycles. The zero-order valence-electron chi connectivity index (χ0n) is 12.9. The summed E-state index contributed by atoms with van der Waals surface area (Å²) in [6, 6.07) is 11.1. The fraction of sp³-hybridized carbons (Fsp3) is 0.294. The molecule has 0 fully saturated rings. The minimum atomic E-state index is -0.237. The molecule has 22 heavy (non-hydrogen) atoms. The van der Waals surface area contributed by atoms with Gasteiger partial charge in [0.25, 0.3) is 5.56 Å². The molecule has 0 aliphatic rings. The number of aromatic nitrogens is 1. The quantitative estimate of drug-likeness (QED) is 0.635.